The van der Waals surface area contributed by atoms with E-state index in [1.54, 1.807) is 4.90 Å². The third-order valence-electron chi connectivity index (χ3n) is 4.32. The summed E-state index contributed by atoms with van der Waals surface area (Å²) in [5, 5.41) is 0. The third kappa shape index (κ3) is 4.60. The van der Waals surface area contributed by atoms with Gasteiger partial charge in [-0.25, -0.2) is 0 Å². The van der Waals surface area contributed by atoms with Crippen molar-refractivity contribution in [2.75, 3.05) is 7.05 Å². The topological polar surface area (TPSA) is 29.5 Å². The van der Waals surface area contributed by atoms with Crippen molar-refractivity contribution < 1.29 is 9.53 Å². The van der Waals surface area contributed by atoms with Gasteiger partial charge in [0.15, 0.2) is 6.10 Å². The molecular weight excluding hydrogens is 298 g/mol. The molecule has 0 fully saturated rings. The molecule has 0 heterocycles. The minimum Gasteiger partial charge on any atom is -0.481 e. The fraction of sp³-hybridized carbons (Fsp3) is 0.381. The predicted octanol–water partition coefficient (Wildman–Crippen LogP) is 4.43. The minimum atomic E-state index is -0.456. The van der Waals surface area contributed by atoms with E-state index >= 15 is 0 Å². The van der Waals surface area contributed by atoms with Gasteiger partial charge in [0.25, 0.3) is 5.91 Å². The van der Waals surface area contributed by atoms with Crippen LogP contribution in [0, 0.1) is 20.8 Å². The van der Waals surface area contributed by atoms with Crippen LogP contribution in [0.5, 0.6) is 5.75 Å². The van der Waals surface area contributed by atoms with Gasteiger partial charge in [0.2, 0.25) is 0 Å². The van der Waals surface area contributed by atoms with Crippen LogP contribution in [0.1, 0.15) is 35.6 Å². The van der Waals surface area contributed by atoms with Crippen molar-refractivity contribution in [2.24, 2.45) is 0 Å². The minimum absolute atomic E-state index is 0.0105. The zero-order chi connectivity index (χ0) is 17.7. The van der Waals surface area contributed by atoms with Crippen LogP contribution in [-0.2, 0) is 11.3 Å². The highest BCUT2D eigenvalue weighted by atomic mass is 16.5. The SMILES string of the molecule is CC[C@@H](Oc1ccc(C)c(C)c1)C(=O)N(C)Cc1ccc(C)cc1. The van der Waals surface area contributed by atoms with Crippen molar-refractivity contribution in [3.05, 3.63) is 64.7 Å². The lowest BCUT2D eigenvalue weighted by atomic mass is 10.1. The molecule has 0 radical (unpaired) electrons. The number of nitrogens with zero attached hydrogens (tertiary/aromatic N) is 1. The maximum absolute atomic E-state index is 12.7. The monoisotopic (exact) mass is 325 g/mol. The van der Waals surface area contributed by atoms with Gasteiger partial charge in [-0.2, -0.15) is 0 Å². The lowest BCUT2D eigenvalue weighted by Crippen LogP contribution is -2.39. The van der Waals surface area contributed by atoms with Crippen LogP contribution in [0.15, 0.2) is 42.5 Å². The smallest absolute Gasteiger partial charge is 0.263 e. The van der Waals surface area contributed by atoms with Crippen LogP contribution in [-0.4, -0.2) is 24.0 Å². The van der Waals surface area contributed by atoms with Gasteiger partial charge in [-0.3, -0.25) is 4.79 Å². The summed E-state index contributed by atoms with van der Waals surface area (Å²) in [4.78, 5) is 14.4. The summed E-state index contributed by atoms with van der Waals surface area (Å²) in [6, 6.07) is 14.2. The molecule has 1 atom stereocenters. The molecule has 0 spiro atoms. The number of likely N-dealkylation sites (N-methyl/N-ethyl adjacent to an activating group) is 1. The molecule has 0 aromatic heterocycles. The van der Waals surface area contributed by atoms with Crippen molar-refractivity contribution in [1.82, 2.24) is 4.90 Å². The zero-order valence-electron chi connectivity index (χ0n) is 15.3. The van der Waals surface area contributed by atoms with Gasteiger partial charge < -0.3 is 9.64 Å². The second-order valence-corrected chi connectivity index (χ2v) is 6.44. The van der Waals surface area contributed by atoms with E-state index in [0.29, 0.717) is 13.0 Å². The number of ether oxygens (including phenoxy) is 1. The summed E-state index contributed by atoms with van der Waals surface area (Å²) in [7, 11) is 1.83. The Balaban J connectivity index is 2.04. The van der Waals surface area contributed by atoms with Crippen molar-refractivity contribution in [3.63, 3.8) is 0 Å². The molecule has 0 unspecified atom stereocenters. The highest BCUT2D eigenvalue weighted by Gasteiger charge is 2.22. The molecule has 2 aromatic rings. The Morgan fingerprint density at radius 1 is 1.04 bits per heavy atom. The Morgan fingerprint density at radius 2 is 1.71 bits per heavy atom. The first kappa shape index (κ1) is 18.1. The lowest BCUT2D eigenvalue weighted by molar-refractivity contribution is -0.138. The van der Waals surface area contributed by atoms with E-state index in [-0.39, 0.29) is 5.91 Å². The number of amides is 1. The number of hydrogen-bond acceptors (Lipinski definition) is 2. The molecule has 3 heteroatoms. The second kappa shape index (κ2) is 8.00. The fourth-order valence-electron chi connectivity index (χ4n) is 2.55. The lowest BCUT2D eigenvalue weighted by Gasteiger charge is -2.24. The molecule has 0 saturated carbocycles. The van der Waals surface area contributed by atoms with Gasteiger partial charge in [-0.15, -0.1) is 0 Å². The fourth-order valence-corrected chi connectivity index (χ4v) is 2.55. The number of aryl methyl sites for hydroxylation is 3. The van der Waals surface area contributed by atoms with E-state index in [9.17, 15) is 4.79 Å². The Kier molecular flexibility index (Phi) is 6.02. The standard InChI is InChI=1S/C21H27NO2/c1-6-20(24-19-12-9-16(3)17(4)13-19)21(23)22(5)14-18-10-7-15(2)8-11-18/h7-13,20H,6,14H2,1-5H3/t20-/m1/s1. The van der Waals surface area contributed by atoms with Gasteiger partial charge in [0.1, 0.15) is 5.75 Å². The van der Waals surface area contributed by atoms with Gasteiger partial charge >= 0.3 is 0 Å². The van der Waals surface area contributed by atoms with Crippen LogP contribution >= 0.6 is 0 Å². The van der Waals surface area contributed by atoms with Crippen LogP contribution in [0.2, 0.25) is 0 Å². The summed E-state index contributed by atoms with van der Waals surface area (Å²) < 4.78 is 5.95. The first-order valence-electron chi connectivity index (χ1n) is 8.45. The normalized spacial score (nSPS) is 11.9. The van der Waals surface area contributed by atoms with E-state index in [1.807, 2.05) is 32.2 Å². The molecule has 2 aromatic carbocycles. The molecule has 0 aliphatic rings. The quantitative estimate of drug-likeness (QED) is 0.786. The molecule has 0 aliphatic heterocycles. The molecule has 3 nitrogen and oxygen atoms in total. The average Bonchev–Trinajstić information content (AvgIpc) is 2.57. The predicted molar refractivity (Wildman–Crippen MR) is 98.3 cm³/mol. The van der Waals surface area contributed by atoms with E-state index in [0.717, 1.165) is 11.3 Å². The summed E-state index contributed by atoms with van der Waals surface area (Å²) in [6.45, 7) is 8.74. The molecule has 2 rings (SSSR count). The Hall–Kier alpha value is -2.29. The summed E-state index contributed by atoms with van der Waals surface area (Å²) in [6.07, 6.45) is 0.187. The number of hydrogen-bond donors (Lipinski definition) is 0. The van der Waals surface area contributed by atoms with Gasteiger partial charge in [-0.1, -0.05) is 42.8 Å². The van der Waals surface area contributed by atoms with Crippen molar-refractivity contribution in [2.45, 2.75) is 46.8 Å². The summed E-state index contributed by atoms with van der Waals surface area (Å²) in [5.74, 6) is 0.762. The highest BCUT2D eigenvalue weighted by molar-refractivity contribution is 5.81. The van der Waals surface area contributed by atoms with Crippen LogP contribution in [0.25, 0.3) is 0 Å². The number of benzene rings is 2. The molecule has 24 heavy (non-hydrogen) atoms. The van der Waals surface area contributed by atoms with Crippen LogP contribution in [0.3, 0.4) is 0 Å². The zero-order valence-corrected chi connectivity index (χ0v) is 15.3. The van der Waals surface area contributed by atoms with Crippen molar-refractivity contribution in [3.8, 4) is 5.75 Å². The number of carbonyl (C=O) groups excluding carboxylic acids is 1. The Morgan fingerprint density at radius 3 is 2.29 bits per heavy atom. The maximum Gasteiger partial charge on any atom is 0.263 e. The van der Waals surface area contributed by atoms with Gasteiger partial charge in [-0.05, 0) is 56.0 Å². The van der Waals surface area contributed by atoms with E-state index in [4.69, 9.17) is 4.74 Å². The summed E-state index contributed by atoms with van der Waals surface area (Å²) >= 11 is 0. The molecule has 0 N–H and O–H groups in total. The number of rotatable bonds is 6. The Bertz CT molecular complexity index is 691. The molecule has 0 bridgehead atoms. The van der Waals surface area contributed by atoms with Crippen LogP contribution < -0.4 is 4.74 Å². The average molecular weight is 325 g/mol. The maximum atomic E-state index is 12.7. The molecular formula is C21H27NO2. The Labute approximate surface area is 145 Å². The largest absolute Gasteiger partial charge is 0.481 e. The molecule has 128 valence electrons. The van der Waals surface area contributed by atoms with E-state index in [2.05, 4.69) is 45.0 Å². The first-order chi connectivity index (χ1) is 11.4. The van der Waals surface area contributed by atoms with Crippen molar-refractivity contribution in [1.29, 1.82) is 0 Å². The highest BCUT2D eigenvalue weighted by Crippen LogP contribution is 2.19. The second-order valence-electron chi connectivity index (χ2n) is 6.44. The molecule has 0 saturated heterocycles. The number of carbonyl (C=O) groups is 1. The molecule has 0 aliphatic carbocycles. The van der Waals surface area contributed by atoms with E-state index in [1.165, 1.54) is 16.7 Å². The summed E-state index contributed by atoms with van der Waals surface area (Å²) in [5.41, 5.74) is 4.73. The van der Waals surface area contributed by atoms with Crippen LogP contribution in [0.4, 0.5) is 0 Å². The third-order valence-corrected chi connectivity index (χ3v) is 4.32. The van der Waals surface area contributed by atoms with Gasteiger partial charge in [0.05, 0.1) is 0 Å². The van der Waals surface area contributed by atoms with Crippen molar-refractivity contribution >= 4 is 5.91 Å². The van der Waals surface area contributed by atoms with E-state index < -0.39 is 6.10 Å². The molecule has 1 amide bonds. The first-order valence-corrected chi connectivity index (χ1v) is 8.45. The van der Waals surface area contributed by atoms with Gasteiger partial charge in [0, 0.05) is 13.6 Å².